The van der Waals surface area contributed by atoms with Crippen molar-refractivity contribution in [3.05, 3.63) is 12.2 Å². The van der Waals surface area contributed by atoms with Gasteiger partial charge in [-0.1, -0.05) is 79.1 Å². The Hall–Kier alpha value is -1.14. The Labute approximate surface area is 311 Å². The quantitative estimate of drug-likeness (QED) is 0.0365. The van der Waals surface area contributed by atoms with Gasteiger partial charge >= 0.3 is 222 Å². The van der Waals surface area contributed by atoms with E-state index < -0.39 is 36.3 Å². The molecule has 0 amide bonds. The fraction of sp³-hybridized carbons (Fsp3) is 0.884. The van der Waals surface area contributed by atoms with E-state index in [4.69, 9.17) is 6.64 Å². The number of hydrogen-bond acceptors (Lipinski definition) is 6. The Balaban J connectivity index is 4.43. The summed E-state index contributed by atoms with van der Waals surface area (Å²) in [5, 5.41) is 0. The van der Waals surface area contributed by atoms with Crippen molar-refractivity contribution in [1.82, 2.24) is 0 Å². The third-order valence-electron chi connectivity index (χ3n) is 10.2. The fourth-order valence-electron chi connectivity index (χ4n) is 6.71. The molecule has 0 aliphatic rings. The van der Waals surface area contributed by atoms with Gasteiger partial charge in [0.05, 0.1) is 0 Å². The molecule has 0 N–H and O–H groups in total. The average Bonchev–Trinajstić information content (AvgIpc) is 3.04. The van der Waals surface area contributed by atoms with Crippen LogP contribution in [-0.4, -0.2) is 16.0 Å². The Morgan fingerprint density at radius 3 is 0.920 bits per heavy atom. The predicted octanol–water partition coefficient (Wildman–Crippen LogP) is 14.1. The number of carbonyl (C=O) groups excluding carboxylic acids is 3. The minimum absolute atomic E-state index is 0.0245. The zero-order valence-electron chi connectivity index (χ0n) is 34.2. The van der Waals surface area contributed by atoms with E-state index in [1.807, 2.05) is 0 Å². The fourth-order valence-corrected chi connectivity index (χ4v) is 11.5. The zero-order chi connectivity index (χ0) is 37.7. The van der Waals surface area contributed by atoms with Crippen LogP contribution in [0.3, 0.4) is 0 Å². The third kappa shape index (κ3) is 23.4. The second-order valence-corrected chi connectivity index (χ2v) is 23.1. The molecule has 0 aliphatic carbocycles. The molecule has 0 aliphatic heterocycles. The molecule has 0 rings (SSSR count). The summed E-state index contributed by atoms with van der Waals surface area (Å²) in [6.45, 7) is 17.3. The van der Waals surface area contributed by atoms with E-state index in [2.05, 4.69) is 34.3 Å². The Kier molecular flexibility index (Phi) is 28.7. The summed E-state index contributed by atoms with van der Waals surface area (Å²) in [5.74, 6) is 0.169. The van der Waals surface area contributed by atoms with Crippen LogP contribution in [-0.2, 0) is 40.4 Å². The van der Waals surface area contributed by atoms with Gasteiger partial charge in [0.15, 0.2) is 0 Å². The molecule has 0 saturated carbocycles. The standard InChI is InChI=1S/2C18H36O2.C4H5O.C3H7.O.Ti/c2*1-17(2)15-13-11-9-7-5-3-4-6-8-10-12-14-16-18(19)20;1-4(2)3-5;1-3-2;;/h2*17H,3-16H2,1-2H3,(H,19,20);1H2,2H3;3H,1-2H3;;/q;;;;;+2/p-2. The van der Waals surface area contributed by atoms with Crippen LogP contribution in [0.1, 0.15) is 228 Å². The molecule has 0 unspecified atom stereocenters. The van der Waals surface area contributed by atoms with Crippen molar-refractivity contribution in [3.63, 3.8) is 0 Å². The second-order valence-electron chi connectivity index (χ2n) is 16.6. The number of unbranched alkanes of at least 4 members (excludes halogenated alkanes) is 22. The Bertz CT molecular complexity index is 928. The van der Waals surface area contributed by atoms with Crippen molar-refractivity contribution in [2.24, 2.45) is 11.8 Å². The first-order chi connectivity index (χ1) is 23.7. The van der Waals surface area contributed by atoms with Gasteiger partial charge in [0.2, 0.25) is 0 Å². The molecular formula is C43H82O6Ti. The second kappa shape index (κ2) is 29.3. The zero-order valence-corrected chi connectivity index (χ0v) is 35.7. The van der Waals surface area contributed by atoms with Crippen LogP contribution >= 0.6 is 0 Å². The number of hydrogen-bond donors (Lipinski definition) is 0. The molecule has 0 bridgehead atoms. The topological polar surface area (TPSA) is 86.7 Å². The molecular weight excluding hydrogens is 660 g/mol. The minimum atomic E-state index is -6.47. The van der Waals surface area contributed by atoms with Crippen molar-refractivity contribution in [2.75, 3.05) is 0 Å². The summed E-state index contributed by atoms with van der Waals surface area (Å²) in [6, 6.07) is 0. The molecule has 0 spiro atoms. The van der Waals surface area contributed by atoms with Crippen LogP contribution in [0.15, 0.2) is 12.2 Å². The van der Waals surface area contributed by atoms with Gasteiger partial charge < -0.3 is 0 Å². The van der Waals surface area contributed by atoms with Crippen molar-refractivity contribution < 1.29 is 40.4 Å². The number of rotatable bonds is 35. The third-order valence-corrected chi connectivity index (χ3v) is 17.2. The van der Waals surface area contributed by atoms with E-state index in [-0.39, 0.29) is 18.4 Å². The van der Waals surface area contributed by atoms with E-state index in [0.717, 1.165) is 50.4 Å². The van der Waals surface area contributed by atoms with Crippen LogP contribution in [0.4, 0.5) is 0 Å². The summed E-state index contributed by atoms with van der Waals surface area (Å²) in [6.07, 6.45) is 30.9. The predicted molar refractivity (Wildman–Crippen MR) is 207 cm³/mol. The first-order valence-electron chi connectivity index (χ1n) is 21.3. The Morgan fingerprint density at radius 2 is 0.700 bits per heavy atom. The van der Waals surface area contributed by atoms with Crippen LogP contribution in [0, 0.1) is 11.8 Å². The van der Waals surface area contributed by atoms with E-state index in [1.165, 1.54) is 136 Å². The molecule has 6 nitrogen and oxygen atoms in total. The number of allylic oxidation sites excluding steroid dienone is 1. The van der Waals surface area contributed by atoms with Crippen molar-refractivity contribution >= 4 is 16.0 Å². The number of carbonyl (C=O) groups is 3. The van der Waals surface area contributed by atoms with Gasteiger partial charge in [-0.2, -0.15) is 0 Å². The SMILES string of the molecule is C=C(C)[C](=O)[Ti](=[O])([O]C(=O)CCCCCCCCCCCCCCC(C)C)([O]C(=O)CCCCCCCCCCCCCCC(C)C)[CH](C)C. The normalized spacial score (nSPS) is 12.2. The molecule has 50 heavy (non-hydrogen) atoms. The Morgan fingerprint density at radius 1 is 0.460 bits per heavy atom. The van der Waals surface area contributed by atoms with Gasteiger partial charge in [0.1, 0.15) is 0 Å². The molecule has 7 heteroatoms. The average molecular weight is 743 g/mol. The summed E-state index contributed by atoms with van der Waals surface area (Å²) in [7, 11) is 0. The monoisotopic (exact) mass is 743 g/mol. The van der Waals surface area contributed by atoms with Crippen LogP contribution in [0.2, 0.25) is 4.22 Å². The van der Waals surface area contributed by atoms with Gasteiger partial charge in [0.25, 0.3) is 0 Å². The summed E-state index contributed by atoms with van der Waals surface area (Å²) in [4.78, 5) is 39.3. The molecule has 0 heterocycles. The van der Waals surface area contributed by atoms with Crippen LogP contribution in [0.5, 0.6) is 0 Å². The van der Waals surface area contributed by atoms with Gasteiger partial charge in [-0.15, -0.1) is 0 Å². The molecule has 0 aromatic heterocycles. The van der Waals surface area contributed by atoms with E-state index in [0.29, 0.717) is 12.8 Å². The van der Waals surface area contributed by atoms with Crippen LogP contribution in [0.25, 0.3) is 0 Å². The van der Waals surface area contributed by atoms with Gasteiger partial charge in [-0.05, 0) is 11.8 Å². The van der Waals surface area contributed by atoms with E-state index in [1.54, 1.807) is 0 Å². The van der Waals surface area contributed by atoms with E-state index >= 15 is 0 Å². The van der Waals surface area contributed by atoms with Crippen LogP contribution < -0.4 is 0 Å². The van der Waals surface area contributed by atoms with Gasteiger partial charge in [0, 0.05) is 0 Å². The molecule has 0 aromatic carbocycles. The van der Waals surface area contributed by atoms with Gasteiger partial charge in [-0.25, -0.2) is 0 Å². The van der Waals surface area contributed by atoms with Gasteiger partial charge in [-0.3, -0.25) is 0 Å². The molecule has 0 radical (unpaired) electrons. The molecule has 0 aromatic rings. The molecule has 294 valence electrons. The molecule has 0 atom stereocenters. The molecule has 0 saturated heterocycles. The first-order valence-corrected chi connectivity index (χ1v) is 24.9. The molecule has 0 fully saturated rings. The summed E-state index contributed by atoms with van der Waals surface area (Å²) < 4.78 is 23.8. The maximum atomic E-state index is 14.6. The van der Waals surface area contributed by atoms with Crippen molar-refractivity contribution in [2.45, 2.75) is 232 Å². The summed E-state index contributed by atoms with van der Waals surface area (Å²) in [5.41, 5.74) is -0.0245. The van der Waals surface area contributed by atoms with E-state index in [9.17, 15) is 17.7 Å². The maximum absolute atomic E-state index is 14.6. The van der Waals surface area contributed by atoms with Crippen molar-refractivity contribution in [1.29, 1.82) is 0 Å². The summed E-state index contributed by atoms with van der Waals surface area (Å²) >= 11 is -6.47. The first kappa shape index (κ1) is 48.9. The van der Waals surface area contributed by atoms with Crippen molar-refractivity contribution in [3.8, 4) is 0 Å².